The second kappa shape index (κ2) is 5.42. The molecule has 3 heteroatoms. The second-order valence-corrected chi connectivity index (χ2v) is 3.70. The minimum Gasteiger partial charge on any atom is -0.346 e. The van der Waals surface area contributed by atoms with Crippen molar-refractivity contribution in [1.82, 2.24) is 0 Å². The van der Waals surface area contributed by atoms with E-state index in [1.165, 1.54) is 0 Å². The largest absolute Gasteiger partial charge is 0.346 e. The molecule has 15 heavy (non-hydrogen) atoms. The molecule has 0 spiro atoms. The molecule has 0 amide bonds. The number of carbonyl (C=O) groups excluding carboxylic acids is 1. The summed E-state index contributed by atoms with van der Waals surface area (Å²) in [6.45, 7) is 7.13. The predicted octanol–water partition coefficient (Wildman–Crippen LogP) is 2.31. The summed E-state index contributed by atoms with van der Waals surface area (Å²) < 4.78 is 11.4. The van der Waals surface area contributed by atoms with Crippen molar-refractivity contribution in [3.05, 3.63) is 12.2 Å². The molecule has 0 fully saturated rings. The van der Waals surface area contributed by atoms with Crippen molar-refractivity contribution in [3.63, 3.8) is 0 Å². The highest BCUT2D eigenvalue weighted by Crippen LogP contribution is 2.34. The first-order valence-electron chi connectivity index (χ1n) is 5.68. The number of carbonyl (C=O) groups is 1. The first-order valence-corrected chi connectivity index (χ1v) is 5.68. The highest BCUT2D eigenvalue weighted by atomic mass is 16.7. The molecule has 0 aromatic carbocycles. The van der Waals surface area contributed by atoms with Crippen molar-refractivity contribution in [1.29, 1.82) is 0 Å². The summed E-state index contributed by atoms with van der Waals surface area (Å²) in [7, 11) is 0. The molecule has 1 unspecified atom stereocenters. The molecule has 0 radical (unpaired) electrons. The van der Waals surface area contributed by atoms with Gasteiger partial charge in [-0.05, 0) is 32.4 Å². The minimum absolute atomic E-state index is 0.134. The summed E-state index contributed by atoms with van der Waals surface area (Å²) in [6.07, 6.45) is 4.76. The van der Waals surface area contributed by atoms with Gasteiger partial charge in [0.2, 0.25) is 0 Å². The third-order valence-electron chi connectivity index (χ3n) is 2.75. The lowest BCUT2D eigenvalue weighted by atomic mass is 9.85. The Labute approximate surface area is 91.4 Å². The Kier molecular flexibility index (Phi) is 4.48. The molecule has 0 bridgehead atoms. The molecule has 1 atom stereocenters. The molecule has 1 aliphatic rings. The van der Waals surface area contributed by atoms with Gasteiger partial charge in [-0.25, -0.2) is 0 Å². The van der Waals surface area contributed by atoms with Crippen LogP contribution in [-0.2, 0) is 14.3 Å². The van der Waals surface area contributed by atoms with Crippen molar-refractivity contribution >= 4 is 5.78 Å². The second-order valence-electron chi connectivity index (χ2n) is 3.70. The van der Waals surface area contributed by atoms with Crippen LogP contribution in [0.25, 0.3) is 0 Å². The normalized spacial score (nSPS) is 24.5. The number of hydrogen-bond donors (Lipinski definition) is 0. The monoisotopic (exact) mass is 212 g/mol. The van der Waals surface area contributed by atoms with Crippen LogP contribution in [0.1, 0.15) is 33.6 Å². The van der Waals surface area contributed by atoms with Crippen molar-refractivity contribution < 1.29 is 14.3 Å². The number of hydrogen-bond acceptors (Lipinski definition) is 3. The third kappa shape index (κ3) is 2.67. The molecular formula is C12H20O3. The number of rotatable bonds is 5. The standard InChI is InChI=1S/C12H20O3/c1-4-10-9-11(13)7-8-12(10,14-5-2)15-6-3/h7-8,10H,4-6,9H2,1-3H3. The van der Waals surface area contributed by atoms with E-state index in [9.17, 15) is 4.79 Å². The fourth-order valence-electron chi connectivity index (χ4n) is 2.05. The summed E-state index contributed by atoms with van der Waals surface area (Å²) in [5, 5.41) is 0. The number of ketones is 1. The molecule has 0 saturated carbocycles. The quantitative estimate of drug-likeness (QED) is 0.656. The first kappa shape index (κ1) is 12.4. The predicted molar refractivity (Wildman–Crippen MR) is 58.5 cm³/mol. The molecule has 0 heterocycles. The van der Waals surface area contributed by atoms with Crippen molar-refractivity contribution in [2.24, 2.45) is 5.92 Å². The van der Waals surface area contributed by atoms with Gasteiger partial charge in [-0.3, -0.25) is 4.79 Å². The van der Waals surface area contributed by atoms with Crippen LogP contribution >= 0.6 is 0 Å². The fraction of sp³-hybridized carbons (Fsp3) is 0.750. The molecule has 0 aromatic rings. The van der Waals surface area contributed by atoms with Gasteiger partial charge in [0.05, 0.1) is 0 Å². The molecule has 86 valence electrons. The van der Waals surface area contributed by atoms with Gasteiger partial charge < -0.3 is 9.47 Å². The Morgan fingerprint density at radius 3 is 2.40 bits per heavy atom. The molecule has 0 N–H and O–H groups in total. The van der Waals surface area contributed by atoms with E-state index in [-0.39, 0.29) is 11.7 Å². The van der Waals surface area contributed by atoms with Crippen molar-refractivity contribution in [3.8, 4) is 0 Å². The molecule has 0 aliphatic heterocycles. The zero-order chi connectivity index (χ0) is 11.3. The summed E-state index contributed by atoms with van der Waals surface area (Å²) in [5.41, 5.74) is 0. The van der Waals surface area contributed by atoms with Gasteiger partial charge in [0.1, 0.15) is 0 Å². The van der Waals surface area contributed by atoms with Crippen molar-refractivity contribution in [2.45, 2.75) is 39.4 Å². The molecule has 1 aliphatic carbocycles. The number of ether oxygens (including phenoxy) is 2. The van der Waals surface area contributed by atoms with Crippen LogP contribution in [0.5, 0.6) is 0 Å². The third-order valence-corrected chi connectivity index (χ3v) is 2.75. The Hall–Kier alpha value is -0.670. The smallest absolute Gasteiger partial charge is 0.191 e. The Bertz CT molecular complexity index is 239. The molecule has 0 aromatic heterocycles. The van der Waals surface area contributed by atoms with Gasteiger partial charge in [-0.2, -0.15) is 0 Å². The molecular weight excluding hydrogens is 192 g/mol. The minimum atomic E-state index is -0.674. The van der Waals surface area contributed by atoms with Crippen molar-refractivity contribution in [2.75, 3.05) is 13.2 Å². The Morgan fingerprint density at radius 1 is 1.33 bits per heavy atom. The van der Waals surface area contributed by atoms with Crippen LogP contribution in [0.4, 0.5) is 0 Å². The van der Waals surface area contributed by atoms with Gasteiger partial charge in [-0.1, -0.05) is 6.92 Å². The van der Waals surface area contributed by atoms with Crippen LogP contribution < -0.4 is 0 Å². The molecule has 1 rings (SSSR count). The lowest BCUT2D eigenvalue weighted by Crippen LogP contribution is -2.45. The average molecular weight is 212 g/mol. The van der Waals surface area contributed by atoms with Gasteiger partial charge >= 0.3 is 0 Å². The summed E-state index contributed by atoms with van der Waals surface area (Å²) >= 11 is 0. The fourth-order valence-corrected chi connectivity index (χ4v) is 2.05. The van der Waals surface area contributed by atoms with Crippen LogP contribution in [0.3, 0.4) is 0 Å². The zero-order valence-electron chi connectivity index (χ0n) is 9.79. The highest BCUT2D eigenvalue weighted by molar-refractivity contribution is 5.91. The molecule has 3 nitrogen and oxygen atoms in total. The van der Waals surface area contributed by atoms with E-state index in [4.69, 9.17) is 9.47 Å². The average Bonchev–Trinajstić information content (AvgIpc) is 2.22. The maximum Gasteiger partial charge on any atom is 0.191 e. The summed E-state index contributed by atoms with van der Waals surface area (Å²) in [4.78, 5) is 11.3. The maximum absolute atomic E-state index is 11.3. The highest BCUT2D eigenvalue weighted by Gasteiger charge is 2.40. The van der Waals surface area contributed by atoms with Gasteiger partial charge in [0.25, 0.3) is 0 Å². The van der Waals surface area contributed by atoms with E-state index in [0.29, 0.717) is 19.6 Å². The topological polar surface area (TPSA) is 35.5 Å². The van der Waals surface area contributed by atoms with Gasteiger partial charge in [0.15, 0.2) is 11.6 Å². The number of allylic oxidation sites excluding steroid dienone is 1. The summed E-state index contributed by atoms with van der Waals surface area (Å²) in [5.74, 6) is -0.376. The van der Waals surface area contributed by atoms with Crippen LogP contribution in [0, 0.1) is 5.92 Å². The summed E-state index contributed by atoms with van der Waals surface area (Å²) in [6, 6.07) is 0. The lowest BCUT2D eigenvalue weighted by molar-refractivity contribution is -0.233. The van der Waals surface area contributed by atoms with Crippen LogP contribution in [0.2, 0.25) is 0 Å². The van der Waals surface area contributed by atoms with E-state index in [1.54, 1.807) is 12.2 Å². The van der Waals surface area contributed by atoms with E-state index < -0.39 is 5.79 Å². The van der Waals surface area contributed by atoms with Crippen LogP contribution in [0.15, 0.2) is 12.2 Å². The first-order chi connectivity index (χ1) is 7.18. The van der Waals surface area contributed by atoms with Gasteiger partial charge in [-0.15, -0.1) is 0 Å². The van der Waals surface area contributed by atoms with E-state index in [1.807, 2.05) is 13.8 Å². The zero-order valence-corrected chi connectivity index (χ0v) is 9.79. The van der Waals surface area contributed by atoms with Crippen LogP contribution in [-0.4, -0.2) is 24.8 Å². The van der Waals surface area contributed by atoms with E-state index in [2.05, 4.69) is 6.92 Å². The lowest BCUT2D eigenvalue weighted by Gasteiger charge is -2.38. The van der Waals surface area contributed by atoms with E-state index in [0.717, 1.165) is 6.42 Å². The maximum atomic E-state index is 11.3. The Balaban J connectivity index is 2.90. The van der Waals surface area contributed by atoms with Gasteiger partial charge in [0, 0.05) is 25.6 Å². The Morgan fingerprint density at radius 2 is 1.93 bits per heavy atom. The van der Waals surface area contributed by atoms with E-state index >= 15 is 0 Å². The molecule has 0 saturated heterocycles. The SMILES string of the molecule is CCOC1(OCC)C=CC(=O)CC1CC.